The first kappa shape index (κ1) is 27.0. The molecule has 32 heavy (non-hydrogen) atoms. The Labute approximate surface area is 212 Å². The van der Waals surface area contributed by atoms with Crippen molar-refractivity contribution in [1.29, 1.82) is 0 Å². The average molecular weight is 516 g/mol. The lowest BCUT2D eigenvalue weighted by Gasteiger charge is -2.34. The van der Waals surface area contributed by atoms with Gasteiger partial charge in [0.25, 0.3) is 0 Å². The lowest BCUT2D eigenvalue weighted by molar-refractivity contribution is -0.141. The summed E-state index contributed by atoms with van der Waals surface area (Å²) in [4.78, 5) is 18.4. The van der Waals surface area contributed by atoms with Crippen LogP contribution >= 0.6 is 48.2 Å². The Balaban J connectivity index is 0.00000181. The van der Waals surface area contributed by atoms with Gasteiger partial charge in [0, 0.05) is 61.0 Å². The minimum atomic E-state index is -0.202. The van der Waals surface area contributed by atoms with Gasteiger partial charge in [0.2, 0.25) is 0 Å². The Morgan fingerprint density at radius 3 is 2.38 bits per heavy atom. The number of carbonyl (C=O) groups is 1. The molecule has 4 nitrogen and oxygen atoms in total. The molecule has 0 unspecified atom stereocenters. The number of carbonyl (C=O) groups excluding carboxylic acids is 1. The number of halogens is 3. The normalized spacial score (nSPS) is 17.0. The van der Waals surface area contributed by atoms with Crippen molar-refractivity contribution in [2.45, 2.75) is 23.1 Å². The lowest BCUT2D eigenvalue weighted by Crippen LogP contribution is -2.47. The predicted octanol–water partition coefficient (Wildman–Crippen LogP) is 5.65. The zero-order chi connectivity index (χ0) is 20.9. The van der Waals surface area contributed by atoms with E-state index in [9.17, 15) is 4.79 Å². The highest BCUT2D eigenvalue weighted by Gasteiger charge is 2.21. The molecule has 2 aliphatic heterocycles. The van der Waals surface area contributed by atoms with Crippen LogP contribution in [0.3, 0.4) is 0 Å². The molecular formula is C24H29Cl3N2O2S. The molecule has 1 fully saturated rings. The molecule has 174 valence electrons. The van der Waals surface area contributed by atoms with E-state index in [1.807, 2.05) is 17.8 Å². The summed E-state index contributed by atoms with van der Waals surface area (Å²) in [5.74, 6) is -0.202. The molecule has 0 radical (unpaired) electrons. The Bertz CT molecular complexity index is 947. The van der Waals surface area contributed by atoms with Crippen molar-refractivity contribution in [3.05, 3.63) is 64.7 Å². The van der Waals surface area contributed by atoms with Crippen LogP contribution in [0.5, 0.6) is 0 Å². The standard InChI is InChI=1S/C24H27ClN2O2S.2ClH/c1-18(28)29-16-15-27-13-11-26(12-14-27)10-4-6-20-21-5-2-3-7-23(21)30-24-9-8-19(25)17-22(20)24;;/h2-3,5-9,17H,4,10-16H2,1H3;2*1H. The number of ether oxygens (including phenoxy) is 1. The number of rotatable bonds is 6. The van der Waals surface area contributed by atoms with Gasteiger partial charge in [-0.25, -0.2) is 0 Å². The van der Waals surface area contributed by atoms with E-state index in [4.69, 9.17) is 16.3 Å². The summed E-state index contributed by atoms with van der Waals surface area (Å²) in [5.41, 5.74) is 3.83. The van der Waals surface area contributed by atoms with E-state index >= 15 is 0 Å². The van der Waals surface area contributed by atoms with E-state index in [2.05, 4.69) is 52.3 Å². The summed E-state index contributed by atoms with van der Waals surface area (Å²) in [7, 11) is 0. The smallest absolute Gasteiger partial charge is 0.302 e. The Morgan fingerprint density at radius 1 is 1.00 bits per heavy atom. The van der Waals surface area contributed by atoms with Crippen molar-refractivity contribution in [3.63, 3.8) is 0 Å². The number of piperazine rings is 1. The highest BCUT2D eigenvalue weighted by molar-refractivity contribution is 7.99. The first-order valence-corrected chi connectivity index (χ1v) is 11.6. The van der Waals surface area contributed by atoms with E-state index in [1.165, 1.54) is 33.4 Å². The molecule has 0 atom stereocenters. The van der Waals surface area contributed by atoms with Crippen LogP contribution in [0.1, 0.15) is 24.5 Å². The van der Waals surface area contributed by atoms with Gasteiger partial charge in [-0.3, -0.25) is 9.69 Å². The molecule has 1 saturated heterocycles. The number of fused-ring (bicyclic) bond motifs is 2. The second-order valence-electron chi connectivity index (χ2n) is 7.67. The van der Waals surface area contributed by atoms with Gasteiger partial charge >= 0.3 is 5.97 Å². The van der Waals surface area contributed by atoms with E-state index in [-0.39, 0.29) is 30.8 Å². The van der Waals surface area contributed by atoms with Gasteiger partial charge in [-0.2, -0.15) is 0 Å². The molecule has 0 saturated carbocycles. The van der Waals surface area contributed by atoms with Gasteiger partial charge in [0.1, 0.15) is 6.61 Å². The van der Waals surface area contributed by atoms with E-state index in [0.717, 1.165) is 50.7 Å². The molecule has 2 aromatic rings. The third-order valence-electron chi connectivity index (χ3n) is 5.60. The predicted molar refractivity (Wildman–Crippen MR) is 138 cm³/mol. The minimum absolute atomic E-state index is 0. The molecule has 0 aromatic heterocycles. The quantitative estimate of drug-likeness (QED) is 0.396. The molecule has 2 aromatic carbocycles. The fraction of sp³-hybridized carbons (Fsp3) is 0.375. The Hall–Kier alpha value is -1.21. The number of hydrogen-bond donors (Lipinski definition) is 0. The summed E-state index contributed by atoms with van der Waals surface area (Å²) in [6, 6.07) is 14.8. The minimum Gasteiger partial charge on any atom is -0.465 e. The molecule has 0 aliphatic carbocycles. The van der Waals surface area contributed by atoms with Gasteiger partial charge < -0.3 is 9.64 Å². The molecular weight excluding hydrogens is 487 g/mol. The van der Waals surface area contributed by atoms with Crippen LogP contribution in [-0.2, 0) is 9.53 Å². The number of nitrogens with zero attached hydrogens (tertiary/aromatic N) is 2. The number of hydrogen-bond acceptors (Lipinski definition) is 5. The zero-order valence-electron chi connectivity index (χ0n) is 18.1. The van der Waals surface area contributed by atoms with Gasteiger partial charge in [0.15, 0.2) is 0 Å². The highest BCUT2D eigenvalue weighted by atomic mass is 35.5. The Kier molecular flexibility index (Phi) is 10.9. The van der Waals surface area contributed by atoms with Crippen LogP contribution in [-0.4, -0.2) is 61.6 Å². The zero-order valence-corrected chi connectivity index (χ0v) is 21.3. The second-order valence-corrected chi connectivity index (χ2v) is 9.19. The Morgan fingerprint density at radius 2 is 1.66 bits per heavy atom. The maximum Gasteiger partial charge on any atom is 0.302 e. The molecule has 2 aliphatic rings. The fourth-order valence-electron chi connectivity index (χ4n) is 4.01. The van der Waals surface area contributed by atoms with Crippen LogP contribution in [0.15, 0.2) is 58.3 Å². The van der Waals surface area contributed by atoms with Crippen LogP contribution in [0.2, 0.25) is 5.02 Å². The van der Waals surface area contributed by atoms with Crippen molar-refractivity contribution in [2.75, 3.05) is 45.9 Å². The van der Waals surface area contributed by atoms with Crippen molar-refractivity contribution in [1.82, 2.24) is 9.80 Å². The molecule has 0 bridgehead atoms. The van der Waals surface area contributed by atoms with Crippen LogP contribution in [0, 0.1) is 0 Å². The third kappa shape index (κ3) is 6.89. The molecule has 8 heteroatoms. The van der Waals surface area contributed by atoms with Crippen molar-refractivity contribution in [3.8, 4) is 0 Å². The maximum atomic E-state index is 10.9. The van der Waals surface area contributed by atoms with E-state index < -0.39 is 0 Å². The first-order valence-electron chi connectivity index (χ1n) is 10.5. The summed E-state index contributed by atoms with van der Waals surface area (Å²) in [5, 5.41) is 0.782. The molecule has 2 heterocycles. The van der Waals surface area contributed by atoms with Crippen molar-refractivity contribution in [2.24, 2.45) is 0 Å². The topological polar surface area (TPSA) is 32.8 Å². The SMILES string of the molecule is CC(=O)OCCN1CCN(CCC=C2c3ccccc3Sc3ccc(Cl)cc32)CC1.Cl.Cl. The van der Waals surface area contributed by atoms with Crippen LogP contribution in [0.25, 0.3) is 5.57 Å². The fourth-order valence-corrected chi connectivity index (χ4v) is 5.27. The summed E-state index contributed by atoms with van der Waals surface area (Å²) >= 11 is 8.13. The summed E-state index contributed by atoms with van der Waals surface area (Å²) in [6.07, 6.45) is 3.38. The maximum absolute atomic E-state index is 10.9. The molecule has 0 N–H and O–H groups in total. The second kappa shape index (κ2) is 12.9. The first-order chi connectivity index (χ1) is 14.6. The lowest BCUT2D eigenvalue weighted by atomic mass is 9.96. The van der Waals surface area contributed by atoms with Gasteiger partial charge in [-0.15, -0.1) is 24.8 Å². The van der Waals surface area contributed by atoms with Crippen molar-refractivity contribution < 1.29 is 9.53 Å². The molecule has 0 spiro atoms. The van der Waals surface area contributed by atoms with Gasteiger partial charge in [-0.05, 0) is 47.4 Å². The van der Waals surface area contributed by atoms with Gasteiger partial charge in [-0.1, -0.05) is 47.6 Å². The monoisotopic (exact) mass is 514 g/mol. The van der Waals surface area contributed by atoms with Crippen LogP contribution in [0.4, 0.5) is 0 Å². The average Bonchev–Trinajstić information content (AvgIpc) is 2.74. The summed E-state index contributed by atoms with van der Waals surface area (Å²) in [6.45, 7) is 7.97. The summed E-state index contributed by atoms with van der Waals surface area (Å²) < 4.78 is 5.06. The molecule has 4 rings (SSSR count). The largest absolute Gasteiger partial charge is 0.465 e. The third-order valence-corrected chi connectivity index (χ3v) is 6.99. The highest BCUT2D eigenvalue weighted by Crippen LogP contribution is 2.46. The number of benzene rings is 2. The number of esters is 1. The van der Waals surface area contributed by atoms with E-state index in [1.54, 1.807) is 0 Å². The van der Waals surface area contributed by atoms with E-state index in [0.29, 0.717) is 6.61 Å². The molecule has 0 amide bonds. The van der Waals surface area contributed by atoms with Gasteiger partial charge in [0.05, 0.1) is 0 Å². The van der Waals surface area contributed by atoms with Crippen LogP contribution < -0.4 is 0 Å². The van der Waals surface area contributed by atoms with Crippen molar-refractivity contribution >= 4 is 59.7 Å².